The van der Waals surface area contributed by atoms with Gasteiger partial charge in [0.15, 0.2) is 0 Å². The second-order valence-corrected chi connectivity index (χ2v) is 4.47. The Hall–Kier alpha value is -3.23. The van der Waals surface area contributed by atoms with Gasteiger partial charge in [-0.2, -0.15) is 0 Å². The highest BCUT2D eigenvalue weighted by Gasteiger charge is 2.18. The maximum atomic E-state index is 11.4. The zero-order valence-corrected chi connectivity index (χ0v) is 10.8. The number of benzene rings is 1. The smallest absolute Gasteiger partial charge is 0.314 e. The van der Waals surface area contributed by atoms with E-state index in [-0.39, 0.29) is 16.9 Å². The van der Waals surface area contributed by atoms with E-state index in [1.165, 1.54) is 23.0 Å². The quantitative estimate of drug-likeness (QED) is 0.406. The molecule has 2 aromatic heterocycles. The van der Waals surface area contributed by atoms with Crippen LogP contribution in [0, 0.1) is 17.0 Å². The first kappa shape index (κ1) is 12.8. The average Bonchev–Trinajstić information content (AvgIpc) is 2.85. The third-order valence-electron chi connectivity index (χ3n) is 3.00. The molecule has 0 saturated carbocycles. The lowest BCUT2D eigenvalue weighted by Crippen LogP contribution is -2.29. The summed E-state index contributed by atoms with van der Waals surface area (Å²) in [7, 11) is 0. The van der Waals surface area contributed by atoms with Crippen LogP contribution < -0.4 is 11.1 Å². The van der Waals surface area contributed by atoms with Gasteiger partial charge in [0.1, 0.15) is 5.69 Å². The van der Waals surface area contributed by atoms with E-state index >= 15 is 0 Å². The van der Waals surface area contributed by atoms with Crippen LogP contribution in [-0.2, 0) is 0 Å². The van der Waals surface area contributed by atoms with E-state index in [0.29, 0.717) is 11.2 Å². The maximum Gasteiger partial charge on any atom is 0.314 e. The van der Waals surface area contributed by atoms with Gasteiger partial charge in [-0.15, -0.1) is 0 Å². The van der Waals surface area contributed by atoms with Crippen molar-refractivity contribution >= 4 is 16.7 Å². The number of fused-ring (bicyclic) bond motifs is 1. The topological polar surface area (TPSA) is 127 Å². The normalized spacial score (nSPS) is 10.9. The van der Waals surface area contributed by atoms with Crippen molar-refractivity contribution in [1.29, 1.82) is 0 Å². The van der Waals surface area contributed by atoms with E-state index in [1.54, 1.807) is 13.1 Å². The number of nitrogens with zero attached hydrogens (tertiary/aromatic N) is 3. The molecule has 2 heterocycles. The van der Waals surface area contributed by atoms with Gasteiger partial charge in [0, 0.05) is 12.3 Å². The van der Waals surface area contributed by atoms with Gasteiger partial charge in [-0.25, -0.2) is 4.98 Å². The monoisotopic (exact) mass is 287 g/mol. The summed E-state index contributed by atoms with van der Waals surface area (Å²) in [5, 5.41) is 11.2. The number of aryl methyl sites for hydroxylation is 1. The van der Waals surface area contributed by atoms with Gasteiger partial charge in [-0.3, -0.25) is 24.3 Å². The number of rotatable bonds is 2. The van der Waals surface area contributed by atoms with Crippen LogP contribution in [0.4, 0.5) is 5.69 Å². The van der Waals surface area contributed by atoms with Crippen molar-refractivity contribution < 1.29 is 4.92 Å². The van der Waals surface area contributed by atoms with Crippen molar-refractivity contribution in [2.75, 3.05) is 0 Å². The molecule has 21 heavy (non-hydrogen) atoms. The Balaban J connectivity index is 2.39. The van der Waals surface area contributed by atoms with Crippen molar-refractivity contribution in [3.8, 4) is 5.69 Å². The fourth-order valence-electron chi connectivity index (χ4n) is 2.05. The zero-order valence-electron chi connectivity index (χ0n) is 10.8. The number of hydrogen-bond acceptors (Lipinski definition) is 5. The number of hydrogen-bond donors (Lipinski definition) is 2. The summed E-state index contributed by atoms with van der Waals surface area (Å²) in [5.41, 5.74) is -0.455. The van der Waals surface area contributed by atoms with Gasteiger partial charge in [0.05, 0.1) is 28.0 Å². The van der Waals surface area contributed by atoms with Crippen LogP contribution in [0.25, 0.3) is 16.7 Å². The fraction of sp³-hybridized carbons (Fsp3) is 0.0833. The molecule has 0 aliphatic heterocycles. The molecule has 0 aliphatic carbocycles. The zero-order chi connectivity index (χ0) is 15.1. The summed E-state index contributed by atoms with van der Waals surface area (Å²) < 4.78 is 1.48. The lowest BCUT2D eigenvalue weighted by Gasteiger charge is -2.05. The van der Waals surface area contributed by atoms with Crippen LogP contribution in [0.15, 0.2) is 34.2 Å². The van der Waals surface area contributed by atoms with Gasteiger partial charge < -0.3 is 9.97 Å². The Bertz CT molecular complexity index is 981. The summed E-state index contributed by atoms with van der Waals surface area (Å²) >= 11 is 0. The molecule has 1 aromatic carbocycles. The molecule has 0 atom stereocenters. The molecule has 0 aliphatic rings. The number of imidazole rings is 1. The molecule has 0 radical (unpaired) electrons. The first-order valence-corrected chi connectivity index (χ1v) is 5.91. The molecule has 3 rings (SSSR count). The number of aromatic nitrogens is 4. The Morgan fingerprint density at radius 3 is 2.33 bits per heavy atom. The lowest BCUT2D eigenvalue weighted by atomic mass is 10.2. The number of nitrogens with one attached hydrogen (secondary N) is 2. The van der Waals surface area contributed by atoms with Gasteiger partial charge in [-0.05, 0) is 13.0 Å². The van der Waals surface area contributed by atoms with Crippen molar-refractivity contribution in [3.63, 3.8) is 0 Å². The lowest BCUT2D eigenvalue weighted by molar-refractivity contribution is -0.384. The molecule has 0 fully saturated rings. The molecule has 0 amide bonds. The summed E-state index contributed by atoms with van der Waals surface area (Å²) in [6.07, 6.45) is 3.06. The molecule has 2 N–H and O–H groups in total. The molecule has 3 aromatic rings. The van der Waals surface area contributed by atoms with Crippen LogP contribution in [0.2, 0.25) is 0 Å². The Labute approximate surface area is 116 Å². The number of nitro benzene ring substituents is 1. The SMILES string of the molecule is Cc1cn(-c2cc3[nH]c(=O)c(=O)[nH]c3cc2[N+](=O)[O-])cn1. The van der Waals surface area contributed by atoms with E-state index in [0.717, 1.165) is 0 Å². The molecule has 9 heteroatoms. The molecule has 0 spiro atoms. The van der Waals surface area contributed by atoms with Crippen LogP contribution in [0.3, 0.4) is 0 Å². The van der Waals surface area contributed by atoms with E-state index in [4.69, 9.17) is 0 Å². The molecule has 106 valence electrons. The van der Waals surface area contributed by atoms with E-state index < -0.39 is 16.0 Å². The first-order chi connectivity index (χ1) is 9.95. The highest BCUT2D eigenvalue weighted by atomic mass is 16.6. The van der Waals surface area contributed by atoms with Crippen molar-refractivity contribution in [1.82, 2.24) is 19.5 Å². The van der Waals surface area contributed by atoms with Gasteiger partial charge in [0.25, 0.3) is 5.69 Å². The molecule has 0 bridgehead atoms. The van der Waals surface area contributed by atoms with E-state index in [9.17, 15) is 19.7 Å². The maximum absolute atomic E-state index is 11.4. The predicted molar refractivity (Wildman–Crippen MR) is 73.7 cm³/mol. The highest BCUT2D eigenvalue weighted by molar-refractivity contribution is 5.81. The Kier molecular flexibility index (Phi) is 2.68. The summed E-state index contributed by atoms with van der Waals surface area (Å²) in [6, 6.07) is 2.63. The number of H-pyrrole nitrogens is 2. The Morgan fingerprint density at radius 2 is 1.81 bits per heavy atom. The number of aromatic amines is 2. The molecule has 0 saturated heterocycles. The van der Waals surface area contributed by atoms with Crippen LogP contribution in [0.1, 0.15) is 5.69 Å². The third kappa shape index (κ3) is 2.10. The molecule has 0 unspecified atom stereocenters. The summed E-state index contributed by atoms with van der Waals surface area (Å²) in [6.45, 7) is 1.75. The second-order valence-electron chi connectivity index (χ2n) is 4.47. The van der Waals surface area contributed by atoms with E-state index in [1.807, 2.05) is 0 Å². The molecular formula is C12H9N5O4. The molecular weight excluding hydrogens is 278 g/mol. The van der Waals surface area contributed by atoms with Crippen molar-refractivity contribution in [2.24, 2.45) is 0 Å². The standard InChI is InChI=1S/C12H9N5O4/c1-6-4-16(5-13-6)9-2-7-8(3-10(9)17(20)21)15-12(19)11(18)14-7/h2-5H,1H3,(H,14,18)(H,15,19). The summed E-state index contributed by atoms with van der Waals surface area (Å²) in [5.74, 6) is 0. The minimum Gasteiger partial charge on any atom is -0.316 e. The number of nitro groups is 1. The largest absolute Gasteiger partial charge is 0.316 e. The average molecular weight is 287 g/mol. The van der Waals surface area contributed by atoms with Crippen molar-refractivity contribution in [2.45, 2.75) is 6.92 Å². The highest BCUT2D eigenvalue weighted by Crippen LogP contribution is 2.26. The minimum atomic E-state index is -0.858. The van der Waals surface area contributed by atoms with Gasteiger partial charge in [0.2, 0.25) is 0 Å². The van der Waals surface area contributed by atoms with Gasteiger partial charge in [-0.1, -0.05) is 0 Å². The van der Waals surface area contributed by atoms with Crippen LogP contribution in [0.5, 0.6) is 0 Å². The van der Waals surface area contributed by atoms with Crippen molar-refractivity contribution in [3.05, 3.63) is 61.2 Å². The van der Waals surface area contributed by atoms with Crippen LogP contribution >= 0.6 is 0 Å². The minimum absolute atomic E-state index is 0.187. The van der Waals surface area contributed by atoms with Gasteiger partial charge >= 0.3 is 11.1 Å². The van der Waals surface area contributed by atoms with E-state index in [2.05, 4.69) is 15.0 Å². The Morgan fingerprint density at radius 1 is 1.19 bits per heavy atom. The summed E-state index contributed by atoms with van der Waals surface area (Å²) in [4.78, 5) is 42.0. The first-order valence-electron chi connectivity index (χ1n) is 5.91. The van der Waals surface area contributed by atoms with Crippen LogP contribution in [-0.4, -0.2) is 24.4 Å². The second kappa shape index (κ2) is 4.40. The fourth-order valence-corrected chi connectivity index (χ4v) is 2.05. The third-order valence-corrected chi connectivity index (χ3v) is 3.00. The predicted octanol–water partition coefficient (Wildman–Crippen LogP) is 0.619. The molecule has 9 nitrogen and oxygen atoms in total.